The van der Waals surface area contributed by atoms with E-state index in [0.29, 0.717) is 32.6 Å². The van der Waals surface area contributed by atoms with Crippen LogP contribution in [-0.2, 0) is 9.53 Å². The van der Waals surface area contributed by atoms with E-state index in [2.05, 4.69) is 31.2 Å². The molecule has 0 unspecified atom stereocenters. The number of nitrogens with two attached hydrogens (primary N) is 1. The Morgan fingerprint density at radius 3 is 2.53 bits per heavy atom. The van der Waals surface area contributed by atoms with Crippen LogP contribution >= 0.6 is 0 Å². The lowest BCUT2D eigenvalue weighted by molar-refractivity contribution is -0.132. The van der Waals surface area contributed by atoms with Crippen molar-refractivity contribution in [2.75, 3.05) is 19.8 Å². The summed E-state index contributed by atoms with van der Waals surface area (Å²) < 4.78 is 5.26. The largest absolute Gasteiger partial charge is 0.409 e. The Hall–Kier alpha value is -1.30. The minimum atomic E-state index is -0.934. The molecule has 19 heavy (non-hydrogen) atoms. The van der Waals surface area contributed by atoms with E-state index in [-0.39, 0.29) is 17.2 Å². The molecule has 1 heterocycles. The molecule has 110 valence electrons. The second-order valence-corrected chi connectivity index (χ2v) is 5.88. The monoisotopic (exact) mass is 271 g/mol. The van der Waals surface area contributed by atoms with Gasteiger partial charge in [-0.3, -0.25) is 4.79 Å². The van der Waals surface area contributed by atoms with Crippen molar-refractivity contribution in [2.24, 2.45) is 21.7 Å². The number of nitrogens with zero attached hydrogens (tertiary/aromatic N) is 1. The summed E-state index contributed by atoms with van der Waals surface area (Å²) in [7, 11) is 0. The highest BCUT2D eigenvalue weighted by molar-refractivity contribution is 6.06. The van der Waals surface area contributed by atoms with Crippen LogP contribution in [0.1, 0.15) is 40.0 Å². The molecule has 0 aromatic heterocycles. The molecular weight excluding hydrogens is 246 g/mol. The molecule has 0 aromatic carbocycles. The van der Waals surface area contributed by atoms with Gasteiger partial charge in [-0.1, -0.05) is 25.9 Å². The van der Waals surface area contributed by atoms with Crippen LogP contribution < -0.4 is 11.1 Å². The molecule has 0 aromatic rings. The number of oxime groups is 1. The first-order valence-electron chi connectivity index (χ1n) is 6.72. The van der Waals surface area contributed by atoms with Crippen molar-refractivity contribution in [1.29, 1.82) is 0 Å². The number of hydrogen-bond donors (Lipinski definition) is 3. The van der Waals surface area contributed by atoms with Gasteiger partial charge in [-0.25, -0.2) is 0 Å². The zero-order chi connectivity index (χ0) is 14.5. The molecule has 0 spiro atoms. The fourth-order valence-corrected chi connectivity index (χ4v) is 2.03. The van der Waals surface area contributed by atoms with Gasteiger partial charge in [0.05, 0.1) is 0 Å². The number of carbonyl (C=O) groups is 1. The third kappa shape index (κ3) is 3.59. The van der Waals surface area contributed by atoms with Crippen molar-refractivity contribution in [3.63, 3.8) is 0 Å². The molecule has 0 saturated carbocycles. The lowest BCUT2D eigenvalue weighted by atomic mass is 9.77. The summed E-state index contributed by atoms with van der Waals surface area (Å²) in [6, 6.07) is 0. The maximum Gasteiger partial charge on any atom is 0.234 e. The molecule has 0 atom stereocenters. The summed E-state index contributed by atoms with van der Waals surface area (Å²) in [4.78, 5) is 12.4. The molecule has 1 aliphatic heterocycles. The average molecular weight is 271 g/mol. The fourth-order valence-electron chi connectivity index (χ4n) is 2.03. The Kier molecular flexibility index (Phi) is 5.17. The quantitative estimate of drug-likeness (QED) is 0.302. The zero-order valence-electron chi connectivity index (χ0n) is 12.0. The second-order valence-electron chi connectivity index (χ2n) is 5.88. The third-order valence-electron chi connectivity index (χ3n) is 4.06. The maximum absolute atomic E-state index is 12.4. The van der Waals surface area contributed by atoms with Gasteiger partial charge in [0, 0.05) is 19.8 Å². The Bertz CT molecular complexity index is 347. The standard InChI is InChI=1S/C13H25N3O3/c1-4-12(2,3)9-15-11(17)13(10(14)16-18)5-7-19-8-6-13/h18H,4-9H2,1-3H3,(H2,14,16)(H,15,17). The summed E-state index contributed by atoms with van der Waals surface area (Å²) >= 11 is 0. The van der Waals surface area contributed by atoms with Gasteiger partial charge in [0.15, 0.2) is 5.84 Å². The smallest absolute Gasteiger partial charge is 0.234 e. The molecule has 6 nitrogen and oxygen atoms in total. The molecule has 1 amide bonds. The SMILES string of the molecule is CCC(C)(C)CNC(=O)C1(C(N)=NO)CCOCC1. The van der Waals surface area contributed by atoms with Gasteiger partial charge in [-0.15, -0.1) is 0 Å². The van der Waals surface area contributed by atoms with Crippen molar-refractivity contribution in [3.05, 3.63) is 0 Å². The van der Waals surface area contributed by atoms with E-state index < -0.39 is 5.41 Å². The summed E-state index contributed by atoms with van der Waals surface area (Å²) in [5.74, 6) is -0.199. The number of rotatable bonds is 5. The summed E-state index contributed by atoms with van der Waals surface area (Å²) in [6.45, 7) is 7.73. The first-order chi connectivity index (χ1) is 8.88. The van der Waals surface area contributed by atoms with Crippen molar-refractivity contribution in [3.8, 4) is 0 Å². The van der Waals surface area contributed by atoms with E-state index in [0.717, 1.165) is 6.42 Å². The molecule has 0 radical (unpaired) electrons. The van der Waals surface area contributed by atoms with Gasteiger partial charge in [0.1, 0.15) is 5.41 Å². The van der Waals surface area contributed by atoms with Gasteiger partial charge in [-0.05, 0) is 24.7 Å². The number of hydrogen-bond acceptors (Lipinski definition) is 4. The second kappa shape index (κ2) is 6.23. The van der Waals surface area contributed by atoms with Gasteiger partial charge in [-0.2, -0.15) is 0 Å². The average Bonchev–Trinajstić information content (AvgIpc) is 2.44. The van der Waals surface area contributed by atoms with E-state index in [1.54, 1.807) is 0 Å². The highest BCUT2D eigenvalue weighted by Crippen LogP contribution is 2.31. The topological polar surface area (TPSA) is 96.9 Å². The van der Waals surface area contributed by atoms with Crippen LogP contribution in [0.2, 0.25) is 0 Å². The van der Waals surface area contributed by atoms with Gasteiger partial charge < -0.3 is 21.0 Å². The Labute approximate surface area is 114 Å². The molecule has 1 aliphatic rings. The predicted octanol–water partition coefficient (Wildman–Crippen LogP) is 1.08. The molecule has 1 rings (SSSR count). The first kappa shape index (κ1) is 15.8. The molecule has 0 bridgehead atoms. The number of nitrogens with one attached hydrogen (secondary N) is 1. The van der Waals surface area contributed by atoms with E-state index in [4.69, 9.17) is 15.7 Å². The minimum Gasteiger partial charge on any atom is -0.409 e. The molecule has 4 N–H and O–H groups in total. The first-order valence-corrected chi connectivity index (χ1v) is 6.72. The number of amides is 1. The van der Waals surface area contributed by atoms with Crippen LogP contribution in [0.5, 0.6) is 0 Å². The van der Waals surface area contributed by atoms with Gasteiger partial charge in [0.25, 0.3) is 0 Å². The lowest BCUT2D eigenvalue weighted by Gasteiger charge is -2.35. The Balaban J connectivity index is 2.79. The molecule has 6 heteroatoms. The van der Waals surface area contributed by atoms with Crippen LogP contribution in [0.4, 0.5) is 0 Å². The summed E-state index contributed by atoms with van der Waals surface area (Å²) in [5.41, 5.74) is 4.84. The minimum absolute atomic E-state index is 0.0254. The van der Waals surface area contributed by atoms with E-state index in [9.17, 15) is 4.79 Å². The maximum atomic E-state index is 12.4. The number of carbonyl (C=O) groups excluding carboxylic acids is 1. The van der Waals surface area contributed by atoms with E-state index >= 15 is 0 Å². The summed E-state index contributed by atoms with van der Waals surface area (Å²) in [6.07, 6.45) is 1.86. The van der Waals surface area contributed by atoms with Crippen LogP contribution in [0.25, 0.3) is 0 Å². The highest BCUT2D eigenvalue weighted by atomic mass is 16.5. The van der Waals surface area contributed by atoms with Gasteiger partial charge in [0.2, 0.25) is 5.91 Å². The van der Waals surface area contributed by atoms with Crippen LogP contribution in [0.15, 0.2) is 5.16 Å². The fraction of sp³-hybridized carbons (Fsp3) is 0.846. The molecule has 0 aliphatic carbocycles. The molecule has 1 fully saturated rings. The zero-order valence-corrected chi connectivity index (χ0v) is 12.0. The lowest BCUT2D eigenvalue weighted by Crippen LogP contribution is -2.53. The van der Waals surface area contributed by atoms with Crippen molar-refractivity contribution in [1.82, 2.24) is 5.32 Å². The number of ether oxygens (including phenoxy) is 1. The van der Waals surface area contributed by atoms with Crippen molar-refractivity contribution >= 4 is 11.7 Å². The van der Waals surface area contributed by atoms with E-state index in [1.165, 1.54) is 0 Å². The van der Waals surface area contributed by atoms with Crippen molar-refractivity contribution < 1.29 is 14.7 Å². The summed E-state index contributed by atoms with van der Waals surface area (Å²) in [5, 5.41) is 14.9. The van der Waals surface area contributed by atoms with E-state index in [1.807, 2.05) is 0 Å². The Morgan fingerprint density at radius 2 is 2.05 bits per heavy atom. The van der Waals surface area contributed by atoms with Crippen LogP contribution in [-0.4, -0.2) is 36.7 Å². The Morgan fingerprint density at radius 1 is 1.47 bits per heavy atom. The van der Waals surface area contributed by atoms with Crippen LogP contribution in [0, 0.1) is 10.8 Å². The third-order valence-corrected chi connectivity index (χ3v) is 4.06. The van der Waals surface area contributed by atoms with Gasteiger partial charge >= 0.3 is 0 Å². The number of amidine groups is 1. The normalized spacial score (nSPS) is 20.1. The molecule has 1 saturated heterocycles. The highest BCUT2D eigenvalue weighted by Gasteiger charge is 2.44. The van der Waals surface area contributed by atoms with Crippen LogP contribution in [0.3, 0.4) is 0 Å². The van der Waals surface area contributed by atoms with Crippen molar-refractivity contribution in [2.45, 2.75) is 40.0 Å². The molecular formula is C13H25N3O3. The predicted molar refractivity (Wildman–Crippen MR) is 73.0 cm³/mol.